The standard InChI is InChI=1S/C12H20N4/c1-3-15-6-7-16(9-10(15)2)12-8-11(13)4-5-14-12/h4-5,8,10H,3,6-7,9H2,1-2H3,(H2,13,14). The number of rotatable bonds is 2. The first kappa shape index (κ1) is 11.2. The van der Waals surface area contributed by atoms with E-state index in [1.807, 2.05) is 12.1 Å². The van der Waals surface area contributed by atoms with Gasteiger partial charge in [0.25, 0.3) is 0 Å². The molecular weight excluding hydrogens is 200 g/mol. The zero-order valence-corrected chi connectivity index (χ0v) is 10.1. The highest BCUT2D eigenvalue weighted by Gasteiger charge is 2.22. The van der Waals surface area contributed by atoms with Crippen LogP contribution in [0.4, 0.5) is 11.5 Å². The average molecular weight is 220 g/mol. The predicted molar refractivity (Wildman–Crippen MR) is 67.6 cm³/mol. The molecule has 0 spiro atoms. The highest BCUT2D eigenvalue weighted by atomic mass is 15.3. The fourth-order valence-corrected chi connectivity index (χ4v) is 2.28. The van der Waals surface area contributed by atoms with Crippen molar-refractivity contribution in [1.82, 2.24) is 9.88 Å². The quantitative estimate of drug-likeness (QED) is 0.813. The monoisotopic (exact) mass is 220 g/mol. The van der Waals surface area contributed by atoms with Crippen LogP contribution in [0.1, 0.15) is 13.8 Å². The van der Waals surface area contributed by atoms with Crippen molar-refractivity contribution < 1.29 is 0 Å². The molecule has 16 heavy (non-hydrogen) atoms. The summed E-state index contributed by atoms with van der Waals surface area (Å²) >= 11 is 0. The van der Waals surface area contributed by atoms with Crippen LogP contribution in [0.3, 0.4) is 0 Å². The van der Waals surface area contributed by atoms with Gasteiger partial charge in [0.2, 0.25) is 0 Å². The van der Waals surface area contributed by atoms with Gasteiger partial charge >= 0.3 is 0 Å². The Bertz CT molecular complexity index is 353. The van der Waals surface area contributed by atoms with Crippen LogP contribution >= 0.6 is 0 Å². The van der Waals surface area contributed by atoms with E-state index < -0.39 is 0 Å². The van der Waals surface area contributed by atoms with Gasteiger partial charge in [0.1, 0.15) is 5.82 Å². The first-order valence-electron chi connectivity index (χ1n) is 5.91. The third kappa shape index (κ3) is 2.27. The van der Waals surface area contributed by atoms with Crippen LogP contribution in [-0.2, 0) is 0 Å². The average Bonchev–Trinajstić information content (AvgIpc) is 2.29. The van der Waals surface area contributed by atoms with Gasteiger partial charge in [0, 0.05) is 43.6 Å². The maximum atomic E-state index is 5.78. The number of nitrogens with zero attached hydrogens (tertiary/aromatic N) is 3. The molecule has 1 aromatic heterocycles. The SMILES string of the molecule is CCN1CCN(c2cc(N)ccn2)CC1C. The second kappa shape index (κ2) is 4.70. The Kier molecular flexibility index (Phi) is 3.29. The predicted octanol–water partition coefficient (Wildman–Crippen LogP) is 1.19. The lowest BCUT2D eigenvalue weighted by Gasteiger charge is -2.39. The van der Waals surface area contributed by atoms with Crippen LogP contribution in [0.25, 0.3) is 0 Å². The first-order valence-corrected chi connectivity index (χ1v) is 5.91. The van der Waals surface area contributed by atoms with Crippen LogP contribution in [-0.4, -0.2) is 42.1 Å². The van der Waals surface area contributed by atoms with Crippen molar-refractivity contribution in [1.29, 1.82) is 0 Å². The Labute approximate surface area is 97.1 Å². The van der Waals surface area contributed by atoms with Crippen molar-refractivity contribution in [2.45, 2.75) is 19.9 Å². The highest BCUT2D eigenvalue weighted by molar-refractivity contribution is 5.50. The summed E-state index contributed by atoms with van der Waals surface area (Å²) in [5.41, 5.74) is 6.56. The topological polar surface area (TPSA) is 45.4 Å². The lowest BCUT2D eigenvalue weighted by atomic mass is 10.2. The summed E-state index contributed by atoms with van der Waals surface area (Å²) in [7, 11) is 0. The zero-order chi connectivity index (χ0) is 11.5. The van der Waals surface area contributed by atoms with E-state index in [0.717, 1.165) is 37.7 Å². The molecule has 0 saturated carbocycles. The molecule has 0 amide bonds. The van der Waals surface area contributed by atoms with E-state index in [4.69, 9.17) is 5.73 Å². The normalized spacial score (nSPS) is 22.4. The summed E-state index contributed by atoms with van der Waals surface area (Å²) in [6.45, 7) is 8.78. The molecule has 1 aliphatic rings. The van der Waals surface area contributed by atoms with Gasteiger partial charge in [-0.15, -0.1) is 0 Å². The summed E-state index contributed by atoms with van der Waals surface area (Å²) in [5.74, 6) is 1.00. The van der Waals surface area contributed by atoms with Crippen LogP contribution in [0, 0.1) is 0 Å². The van der Waals surface area contributed by atoms with E-state index in [1.165, 1.54) is 0 Å². The van der Waals surface area contributed by atoms with Gasteiger partial charge in [0.05, 0.1) is 0 Å². The summed E-state index contributed by atoms with van der Waals surface area (Å²) < 4.78 is 0. The van der Waals surface area contributed by atoms with E-state index in [1.54, 1.807) is 6.20 Å². The molecule has 4 nitrogen and oxygen atoms in total. The number of hydrogen-bond donors (Lipinski definition) is 1. The Hall–Kier alpha value is -1.29. The van der Waals surface area contributed by atoms with Gasteiger partial charge in [-0.05, 0) is 19.5 Å². The number of likely N-dealkylation sites (N-methyl/N-ethyl adjacent to an activating group) is 1. The third-order valence-corrected chi connectivity index (χ3v) is 3.26. The number of anilines is 2. The van der Waals surface area contributed by atoms with Gasteiger partial charge < -0.3 is 10.6 Å². The molecule has 0 aromatic carbocycles. The van der Waals surface area contributed by atoms with E-state index in [2.05, 4.69) is 28.6 Å². The molecule has 0 aliphatic carbocycles. The lowest BCUT2D eigenvalue weighted by Crippen LogP contribution is -2.51. The Morgan fingerprint density at radius 2 is 2.31 bits per heavy atom. The maximum absolute atomic E-state index is 5.78. The van der Waals surface area contributed by atoms with Crippen LogP contribution < -0.4 is 10.6 Å². The molecule has 1 aliphatic heterocycles. The minimum absolute atomic E-state index is 0.585. The molecule has 1 fully saturated rings. The van der Waals surface area contributed by atoms with Crippen LogP contribution in [0.2, 0.25) is 0 Å². The molecule has 0 radical (unpaired) electrons. The van der Waals surface area contributed by atoms with Crippen molar-refractivity contribution in [3.8, 4) is 0 Å². The Morgan fingerprint density at radius 1 is 1.50 bits per heavy atom. The van der Waals surface area contributed by atoms with E-state index >= 15 is 0 Å². The zero-order valence-electron chi connectivity index (χ0n) is 10.1. The molecule has 2 rings (SSSR count). The summed E-state index contributed by atoms with van der Waals surface area (Å²) in [6.07, 6.45) is 1.78. The number of nitrogens with two attached hydrogens (primary N) is 1. The smallest absolute Gasteiger partial charge is 0.130 e. The van der Waals surface area contributed by atoms with E-state index in [0.29, 0.717) is 6.04 Å². The molecule has 1 saturated heterocycles. The first-order chi connectivity index (χ1) is 7.70. The second-order valence-corrected chi connectivity index (χ2v) is 4.37. The fraction of sp³-hybridized carbons (Fsp3) is 0.583. The number of hydrogen-bond acceptors (Lipinski definition) is 4. The Balaban J connectivity index is 2.07. The molecule has 88 valence electrons. The van der Waals surface area contributed by atoms with Crippen LogP contribution in [0.15, 0.2) is 18.3 Å². The maximum Gasteiger partial charge on any atom is 0.130 e. The largest absolute Gasteiger partial charge is 0.399 e. The fourth-order valence-electron chi connectivity index (χ4n) is 2.28. The van der Waals surface area contributed by atoms with Crippen molar-refractivity contribution in [3.63, 3.8) is 0 Å². The van der Waals surface area contributed by atoms with Crippen molar-refractivity contribution in [2.75, 3.05) is 36.8 Å². The summed E-state index contributed by atoms with van der Waals surface area (Å²) in [5, 5.41) is 0. The summed E-state index contributed by atoms with van der Waals surface area (Å²) in [4.78, 5) is 9.18. The number of aromatic nitrogens is 1. The van der Waals surface area contributed by atoms with Crippen molar-refractivity contribution in [2.24, 2.45) is 0 Å². The minimum atomic E-state index is 0.585. The van der Waals surface area contributed by atoms with E-state index in [9.17, 15) is 0 Å². The number of nitrogen functional groups attached to an aromatic ring is 1. The lowest BCUT2D eigenvalue weighted by molar-refractivity contribution is 0.199. The molecule has 0 bridgehead atoms. The molecule has 1 unspecified atom stereocenters. The highest BCUT2D eigenvalue weighted by Crippen LogP contribution is 2.18. The van der Waals surface area contributed by atoms with Gasteiger partial charge in [-0.2, -0.15) is 0 Å². The van der Waals surface area contributed by atoms with Gasteiger partial charge in [0.15, 0.2) is 0 Å². The number of piperazine rings is 1. The molecule has 4 heteroatoms. The molecular formula is C12H20N4. The van der Waals surface area contributed by atoms with Gasteiger partial charge in [-0.1, -0.05) is 6.92 Å². The van der Waals surface area contributed by atoms with Gasteiger partial charge in [-0.3, -0.25) is 4.90 Å². The van der Waals surface area contributed by atoms with Crippen molar-refractivity contribution >= 4 is 11.5 Å². The second-order valence-electron chi connectivity index (χ2n) is 4.37. The number of pyridine rings is 1. The minimum Gasteiger partial charge on any atom is -0.399 e. The Morgan fingerprint density at radius 3 is 2.94 bits per heavy atom. The van der Waals surface area contributed by atoms with Gasteiger partial charge in [-0.25, -0.2) is 4.98 Å². The summed E-state index contributed by atoms with van der Waals surface area (Å²) in [6, 6.07) is 4.37. The molecule has 2 N–H and O–H groups in total. The third-order valence-electron chi connectivity index (χ3n) is 3.26. The molecule has 1 atom stereocenters. The molecule has 2 heterocycles. The van der Waals surface area contributed by atoms with Crippen molar-refractivity contribution in [3.05, 3.63) is 18.3 Å². The van der Waals surface area contributed by atoms with E-state index in [-0.39, 0.29) is 0 Å². The molecule has 1 aromatic rings. The van der Waals surface area contributed by atoms with Crippen LogP contribution in [0.5, 0.6) is 0 Å².